The number of halogens is 3. The van der Waals surface area contributed by atoms with Gasteiger partial charge < -0.3 is 9.63 Å². The largest absolute Gasteiger partial charge is 0.493 e. The third-order valence-electron chi connectivity index (χ3n) is 3.25. The molecule has 0 spiro atoms. The van der Waals surface area contributed by atoms with Crippen LogP contribution in [-0.2, 0) is 12.6 Å². The van der Waals surface area contributed by atoms with Crippen LogP contribution in [0.5, 0.6) is 5.88 Å². The summed E-state index contributed by atoms with van der Waals surface area (Å²) in [6.07, 6.45) is -3.59. The van der Waals surface area contributed by atoms with Crippen molar-refractivity contribution in [2.75, 3.05) is 5.75 Å². The first kappa shape index (κ1) is 18.2. The molecule has 0 aliphatic heterocycles. The highest BCUT2D eigenvalue weighted by Crippen LogP contribution is 2.30. The number of aromatic nitrogens is 4. The molecular weight excluding hydrogens is 369 g/mol. The Morgan fingerprint density at radius 2 is 1.85 bits per heavy atom. The molecule has 0 fully saturated rings. The van der Waals surface area contributed by atoms with E-state index in [1.54, 1.807) is 0 Å². The van der Waals surface area contributed by atoms with Crippen molar-refractivity contribution < 1.29 is 22.8 Å². The molecule has 0 atom stereocenters. The molecule has 2 aromatic heterocycles. The fourth-order valence-corrected chi connectivity index (χ4v) is 2.86. The Kier molecular flexibility index (Phi) is 5.40. The molecule has 3 aromatic rings. The molecule has 0 saturated carbocycles. The zero-order valence-corrected chi connectivity index (χ0v) is 14.1. The standard InChI is InChI=1S/C16H13F3N4O2S/c17-16(18,19)11-9-12(24)21-15(20-11)26-8-4-7-13-22-14(23-25-13)10-5-2-1-3-6-10/h1-3,5-6,9H,4,7-8H2,(H,20,21,24). The lowest BCUT2D eigenvalue weighted by Crippen LogP contribution is -2.09. The molecule has 0 aliphatic carbocycles. The summed E-state index contributed by atoms with van der Waals surface area (Å²) in [6.45, 7) is 0. The van der Waals surface area contributed by atoms with Gasteiger partial charge in [-0.25, -0.2) is 4.98 Å². The lowest BCUT2D eigenvalue weighted by molar-refractivity contribution is -0.141. The summed E-state index contributed by atoms with van der Waals surface area (Å²) in [5.74, 6) is 0.653. The number of aromatic hydroxyl groups is 1. The topological polar surface area (TPSA) is 84.9 Å². The third kappa shape index (κ3) is 4.72. The van der Waals surface area contributed by atoms with E-state index in [0.29, 0.717) is 36.4 Å². The summed E-state index contributed by atoms with van der Waals surface area (Å²) in [5, 5.41) is 13.1. The van der Waals surface area contributed by atoms with Crippen molar-refractivity contribution in [3.63, 3.8) is 0 Å². The van der Waals surface area contributed by atoms with E-state index in [1.807, 2.05) is 30.3 Å². The summed E-state index contributed by atoms with van der Waals surface area (Å²) in [6, 6.07) is 9.84. The molecule has 0 saturated heterocycles. The Bertz CT molecular complexity index is 871. The van der Waals surface area contributed by atoms with E-state index in [9.17, 15) is 18.3 Å². The molecule has 136 valence electrons. The SMILES string of the molecule is Oc1cc(C(F)(F)F)nc(SCCCc2nc(-c3ccccc3)no2)n1. The van der Waals surface area contributed by atoms with Crippen molar-refractivity contribution in [2.24, 2.45) is 0 Å². The van der Waals surface area contributed by atoms with E-state index in [0.717, 1.165) is 17.3 Å². The maximum Gasteiger partial charge on any atom is 0.433 e. The maximum atomic E-state index is 12.7. The van der Waals surface area contributed by atoms with Crippen LogP contribution < -0.4 is 0 Å². The highest BCUT2D eigenvalue weighted by molar-refractivity contribution is 7.99. The van der Waals surface area contributed by atoms with E-state index >= 15 is 0 Å². The second-order valence-electron chi connectivity index (χ2n) is 5.22. The van der Waals surface area contributed by atoms with Gasteiger partial charge in [0, 0.05) is 23.8 Å². The van der Waals surface area contributed by atoms with Crippen molar-refractivity contribution in [3.8, 4) is 17.3 Å². The second-order valence-corrected chi connectivity index (χ2v) is 6.28. The minimum Gasteiger partial charge on any atom is -0.493 e. The summed E-state index contributed by atoms with van der Waals surface area (Å²) in [5.41, 5.74) is -0.332. The average molecular weight is 382 g/mol. The van der Waals surface area contributed by atoms with Crippen molar-refractivity contribution in [2.45, 2.75) is 24.2 Å². The Balaban J connectivity index is 1.54. The molecule has 0 amide bonds. The minimum absolute atomic E-state index is 0.132. The molecular formula is C16H13F3N4O2S. The van der Waals surface area contributed by atoms with Crippen molar-refractivity contribution in [3.05, 3.63) is 48.0 Å². The van der Waals surface area contributed by atoms with Gasteiger partial charge in [0.2, 0.25) is 17.6 Å². The van der Waals surface area contributed by atoms with Gasteiger partial charge in [-0.2, -0.15) is 23.1 Å². The van der Waals surface area contributed by atoms with E-state index in [1.165, 1.54) is 0 Å². The van der Waals surface area contributed by atoms with Crippen LogP contribution in [0.3, 0.4) is 0 Å². The quantitative estimate of drug-likeness (QED) is 0.392. The highest BCUT2D eigenvalue weighted by Gasteiger charge is 2.33. The first-order valence-electron chi connectivity index (χ1n) is 7.58. The van der Waals surface area contributed by atoms with E-state index in [2.05, 4.69) is 20.1 Å². The zero-order valence-electron chi connectivity index (χ0n) is 13.3. The van der Waals surface area contributed by atoms with Crippen LogP contribution >= 0.6 is 11.8 Å². The number of hydrogen-bond donors (Lipinski definition) is 1. The van der Waals surface area contributed by atoms with Crippen molar-refractivity contribution in [1.29, 1.82) is 0 Å². The monoisotopic (exact) mass is 382 g/mol. The van der Waals surface area contributed by atoms with Crippen LogP contribution in [0.25, 0.3) is 11.4 Å². The van der Waals surface area contributed by atoms with Gasteiger partial charge in [-0.05, 0) is 6.42 Å². The molecule has 6 nitrogen and oxygen atoms in total. The lowest BCUT2D eigenvalue weighted by Gasteiger charge is -2.07. The normalized spacial score (nSPS) is 11.7. The van der Waals surface area contributed by atoms with E-state index in [4.69, 9.17) is 4.52 Å². The van der Waals surface area contributed by atoms with Crippen LogP contribution in [0.1, 0.15) is 18.0 Å². The number of aryl methyl sites for hydroxylation is 1. The molecule has 26 heavy (non-hydrogen) atoms. The van der Waals surface area contributed by atoms with Gasteiger partial charge in [-0.1, -0.05) is 47.3 Å². The molecule has 1 aromatic carbocycles. The van der Waals surface area contributed by atoms with E-state index < -0.39 is 17.8 Å². The Morgan fingerprint density at radius 3 is 2.58 bits per heavy atom. The fraction of sp³-hybridized carbons (Fsp3) is 0.250. The predicted molar refractivity (Wildman–Crippen MR) is 87.5 cm³/mol. The van der Waals surface area contributed by atoms with Gasteiger partial charge in [-0.3, -0.25) is 0 Å². The number of rotatable bonds is 6. The van der Waals surface area contributed by atoms with Gasteiger partial charge in [0.15, 0.2) is 10.9 Å². The summed E-state index contributed by atoms with van der Waals surface area (Å²) >= 11 is 1.02. The fourth-order valence-electron chi connectivity index (χ4n) is 2.07. The first-order chi connectivity index (χ1) is 12.4. The Hall–Kier alpha value is -2.62. The number of nitrogens with zero attached hydrogens (tertiary/aromatic N) is 4. The smallest absolute Gasteiger partial charge is 0.433 e. The van der Waals surface area contributed by atoms with Gasteiger partial charge in [0.25, 0.3) is 0 Å². The Labute approximate surface area is 150 Å². The van der Waals surface area contributed by atoms with Crippen LogP contribution in [0, 0.1) is 0 Å². The van der Waals surface area contributed by atoms with Gasteiger partial charge in [0.1, 0.15) is 0 Å². The summed E-state index contributed by atoms with van der Waals surface area (Å²) in [4.78, 5) is 11.3. The van der Waals surface area contributed by atoms with Crippen LogP contribution in [0.2, 0.25) is 0 Å². The van der Waals surface area contributed by atoms with Crippen LogP contribution in [-0.4, -0.2) is 31.0 Å². The Morgan fingerprint density at radius 1 is 1.08 bits per heavy atom. The van der Waals surface area contributed by atoms with Gasteiger partial charge in [-0.15, -0.1) is 0 Å². The molecule has 10 heteroatoms. The number of thioether (sulfide) groups is 1. The van der Waals surface area contributed by atoms with E-state index in [-0.39, 0.29) is 5.16 Å². The molecule has 3 rings (SSSR count). The lowest BCUT2D eigenvalue weighted by atomic mass is 10.2. The predicted octanol–water partition coefficient (Wildman–Crippen LogP) is 3.98. The average Bonchev–Trinajstić information content (AvgIpc) is 3.07. The van der Waals surface area contributed by atoms with Crippen molar-refractivity contribution in [1.82, 2.24) is 20.1 Å². The van der Waals surface area contributed by atoms with Crippen LogP contribution in [0.4, 0.5) is 13.2 Å². The first-order valence-corrected chi connectivity index (χ1v) is 8.56. The molecule has 1 N–H and O–H groups in total. The van der Waals surface area contributed by atoms with Crippen molar-refractivity contribution >= 4 is 11.8 Å². The summed E-state index contributed by atoms with van der Waals surface area (Å²) < 4.78 is 43.1. The van der Waals surface area contributed by atoms with Crippen LogP contribution in [0.15, 0.2) is 46.1 Å². The molecule has 0 unspecified atom stereocenters. The molecule has 2 heterocycles. The van der Waals surface area contributed by atoms with Gasteiger partial charge >= 0.3 is 6.18 Å². The van der Waals surface area contributed by atoms with Gasteiger partial charge in [0.05, 0.1) is 0 Å². The number of benzene rings is 1. The number of alkyl halides is 3. The molecule has 0 radical (unpaired) electrons. The second kappa shape index (κ2) is 7.73. The minimum atomic E-state index is -4.63. The number of hydrogen-bond acceptors (Lipinski definition) is 7. The molecule has 0 aliphatic rings. The molecule has 0 bridgehead atoms. The maximum absolute atomic E-state index is 12.7. The highest BCUT2D eigenvalue weighted by atomic mass is 32.2. The zero-order chi connectivity index (χ0) is 18.6. The third-order valence-corrected chi connectivity index (χ3v) is 4.18. The summed E-state index contributed by atoms with van der Waals surface area (Å²) in [7, 11) is 0.